The smallest absolute Gasteiger partial charge is 0.255 e. The fourth-order valence-corrected chi connectivity index (χ4v) is 6.10. The highest BCUT2D eigenvalue weighted by Gasteiger charge is 2.34. The average Bonchev–Trinajstić information content (AvgIpc) is 2.88. The molecule has 0 spiro atoms. The van der Waals surface area contributed by atoms with Gasteiger partial charge in [-0.25, -0.2) is 0 Å². The van der Waals surface area contributed by atoms with Gasteiger partial charge >= 0.3 is 0 Å². The van der Waals surface area contributed by atoms with Crippen LogP contribution < -0.4 is 15.4 Å². The number of likely N-dealkylation sites (tertiary alicyclic amines) is 1. The number of hydrogen-bond donors (Lipinski definition) is 3. The summed E-state index contributed by atoms with van der Waals surface area (Å²) in [7, 11) is 0. The van der Waals surface area contributed by atoms with Crippen molar-refractivity contribution >= 4 is 11.8 Å². The molecule has 2 amide bonds. The Morgan fingerprint density at radius 1 is 1.23 bits per heavy atom. The molecule has 2 aliphatic heterocycles. The van der Waals surface area contributed by atoms with Crippen molar-refractivity contribution in [1.29, 1.82) is 0 Å². The van der Waals surface area contributed by atoms with Crippen LogP contribution in [0.2, 0.25) is 0 Å². The Morgan fingerprint density at radius 2 is 1.97 bits per heavy atom. The summed E-state index contributed by atoms with van der Waals surface area (Å²) in [5.41, 5.74) is 1.33. The third-order valence-corrected chi connectivity index (χ3v) is 8.23. The number of hydrogen-bond acceptors (Lipinski definition) is 6. The highest BCUT2D eigenvalue weighted by atomic mass is 16.5. The summed E-state index contributed by atoms with van der Waals surface area (Å²) in [5, 5.41) is 17.3. The van der Waals surface area contributed by atoms with E-state index in [0.29, 0.717) is 29.8 Å². The summed E-state index contributed by atoms with van der Waals surface area (Å²) in [6.07, 6.45) is 9.82. The van der Waals surface area contributed by atoms with Crippen molar-refractivity contribution in [3.63, 3.8) is 0 Å². The maximum atomic E-state index is 13.1. The van der Waals surface area contributed by atoms with Gasteiger partial charge in [-0.05, 0) is 69.4 Å². The summed E-state index contributed by atoms with van der Waals surface area (Å²) >= 11 is 0. The minimum atomic E-state index is -0.620. The zero-order chi connectivity index (χ0) is 24.8. The number of pyridine rings is 1. The molecule has 0 radical (unpaired) electrons. The number of ether oxygens (including phenoxy) is 1. The van der Waals surface area contributed by atoms with E-state index < -0.39 is 6.10 Å². The molecule has 1 aromatic heterocycles. The maximum absolute atomic E-state index is 13.1. The van der Waals surface area contributed by atoms with Crippen molar-refractivity contribution in [3.8, 4) is 5.75 Å². The van der Waals surface area contributed by atoms with Gasteiger partial charge in [-0.1, -0.05) is 19.3 Å². The topological polar surface area (TPSA) is 104 Å². The molecular weight excluding hydrogens is 444 g/mol. The fraction of sp³-hybridized carbons (Fsp3) is 0.741. The lowest BCUT2D eigenvalue weighted by atomic mass is 9.73. The molecule has 194 valence electrons. The quantitative estimate of drug-likeness (QED) is 0.522. The number of aliphatic hydroxyl groups is 1. The Labute approximate surface area is 209 Å². The van der Waals surface area contributed by atoms with Crippen LogP contribution in [-0.2, 0) is 11.2 Å². The van der Waals surface area contributed by atoms with Crippen LogP contribution in [0, 0.1) is 17.8 Å². The summed E-state index contributed by atoms with van der Waals surface area (Å²) in [4.78, 5) is 31.2. The molecule has 3 N–H and O–H groups in total. The lowest BCUT2D eigenvalue weighted by Crippen LogP contribution is -2.53. The molecule has 2 unspecified atom stereocenters. The van der Waals surface area contributed by atoms with Gasteiger partial charge in [0.25, 0.3) is 5.91 Å². The van der Waals surface area contributed by atoms with Gasteiger partial charge in [-0.2, -0.15) is 0 Å². The number of nitrogens with one attached hydrogen (secondary N) is 2. The summed E-state index contributed by atoms with van der Waals surface area (Å²) in [6, 6.07) is 1.85. The molecule has 1 aromatic rings. The average molecular weight is 487 g/mol. The van der Waals surface area contributed by atoms with E-state index in [1.54, 1.807) is 13.1 Å². The predicted molar refractivity (Wildman–Crippen MR) is 134 cm³/mol. The molecule has 2 saturated heterocycles. The summed E-state index contributed by atoms with van der Waals surface area (Å²) < 4.78 is 5.68. The molecule has 3 fully saturated rings. The second-order valence-electron chi connectivity index (χ2n) is 10.6. The third kappa shape index (κ3) is 6.73. The van der Waals surface area contributed by atoms with E-state index in [9.17, 15) is 14.7 Å². The molecular formula is C27H42N4O4. The number of fused-ring (bicyclic) bond motifs is 1. The van der Waals surface area contributed by atoms with Gasteiger partial charge in [-0.15, -0.1) is 0 Å². The van der Waals surface area contributed by atoms with E-state index in [0.717, 1.165) is 56.9 Å². The number of amides is 2. The Bertz CT molecular complexity index is 871. The van der Waals surface area contributed by atoms with Crippen LogP contribution in [0.4, 0.5) is 0 Å². The van der Waals surface area contributed by atoms with Crippen molar-refractivity contribution in [1.82, 2.24) is 20.5 Å². The van der Waals surface area contributed by atoms with Gasteiger partial charge in [-0.3, -0.25) is 14.6 Å². The molecule has 8 nitrogen and oxygen atoms in total. The van der Waals surface area contributed by atoms with E-state index >= 15 is 0 Å². The zero-order valence-corrected chi connectivity index (χ0v) is 21.3. The monoisotopic (exact) mass is 486 g/mol. The Kier molecular flexibility index (Phi) is 9.00. The first-order chi connectivity index (χ1) is 16.9. The van der Waals surface area contributed by atoms with Gasteiger partial charge in [0.15, 0.2) is 0 Å². The lowest BCUT2D eigenvalue weighted by molar-refractivity contribution is -0.130. The molecule has 35 heavy (non-hydrogen) atoms. The van der Waals surface area contributed by atoms with E-state index in [1.165, 1.54) is 25.7 Å². The van der Waals surface area contributed by atoms with Gasteiger partial charge in [0.1, 0.15) is 5.75 Å². The number of piperidine rings is 2. The number of carbonyl (C=O) groups is 2. The highest BCUT2D eigenvalue weighted by molar-refractivity contribution is 5.96. The van der Waals surface area contributed by atoms with E-state index in [4.69, 9.17) is 4.74 Å². The molecule has 3 heterocycles. The second kappa shape index (κ2) is 12.2. The number of nitrogens with zero attached hydrogens (tertiary/aromatic N) is 2. The Morgan fingerprint density at radius 3 is 2.69 bits per heavy atom. The third-order valence-electron chi connectivity index (χ3n) is 8.23. The first-order valence-corrected chi connectivity index (χ1v) is 13.5. The molecule has 0 bridgehead atoms. The zero-order valence-electron chi connectivity index (χ0n) is 21.3. The minimum absolute atomic E-state index is 0.0230. The molecule has 3 aliphatic rings. The van der Waals surface area contributed by atoms with Crippen molar-refractivity contribution in [3.05, 3.63) is 23.5 Å². The van der Waals surface area contributed by atoms with Gasteiger partial charge in [0, 0.05) is 38.3 Å². The SMILES string of the molecule is CCOc1cnc(CC2CCN(C(C)=O)CC2)cc1C(=O)NC[C@@H](O)[C@@H]1CC2CCCCC2CN1. The van der Waals surface area contributed by atoms with Crippen LogP contribution in [0.3, 0.4) is 0 Å². The first kappa shape index (κ1) is 25.9. The number of aromatic nitrogens is 1. The van der Waals surface area contributed by atoms with Gasteiger partial charge in [0.2, 0.25) is 5.91 Å². The van der Waals surface area contributed by atoms with Crippen LogP contribution in [0.1, 0.15) is 74.8 Å². The van der Waals surface area contributed by atoms with Gasteiger partial charge < -0.3 is 25.4 Å². The Balaban J connectivity index is 1.33. The van der Waals surface area contributed by atoms with E-state index in [1.807, 2.05) is 17.9 Å². The van der Waals surface area contributed by atoms with Crippen molar-refractivity contribution in [2.45, 2.75) is 77.4 Å². The van der Waals surface area contributed by atoms with Crippen molar-refractivity contribution in [2.24, 2.45) is 17.8 Å². The summed E-state index contributed by atoms with van der Waals surface area (Å²) in [6.45, 7) is 6.68. The Hall–Kier alpha value is -2.19. The molecule has 1 aliphatic carbocycles. The molecule has 4 rings (SSSR count). The fourth-order valence-electron chi connectivity index (χ4n) is 6.10. The standard InChI is InChI=1S/C27H42N4O4/c1-3-35-26-17-28-22(12-19-8-10-31(11-9-19)18(2)32)14-23(26)27(34)30-16-25(33)24-13-20-6-4-5-7-21(20)15-29-24/h14,17,19-21,24-25,29,33H,3-13,15-16H2,1-2H3,(H,30,34)/t20?,21?,24-,25+/m0/s1. The van der Waals surface area contributed by atoms with Crippen molar-refractivity contribution in [2.75, 3.05) is 32.8 Å². The van der Waals surface area contributed by atoms with Crippen LogP contribution in [-0.4, -0.2) is 71.7 Å². The normalized spacial score (nSPS) is 26.0. The van der Waals surface area contributed by atoms with Crippen molar-refractivity contribution < 1.29 is 19.4 Å². The number of aliphatic hydroxyl groups excluding tert-OH is 1. The van der Waals surface area contributed by atoms with E-state index in [-0.39, 0.29) is 24.4 Å². The summed E-state index contributed by atoms with van der Waals surface area (Å²) in [5.74, 6) is 2.22. The van der Waals surface area contributed by atoms with E-state index in [2.05, 4.69) is 15.6 Å². The predicted octanol–water partition coefficient (Wildman–Crippen LogP) is 2.54. The van der Waals surface area contributed by atoms with Crippen LogP contribution in [0.25, 0.3) is 0 Å². The largest absolute Gasteiger partial charge is 0.491 e. The number of rotatable bonds is 8. The molecule has 1 saturated carbocycles. The van der Waals surface area contributed by atoms with Crippen LogP contribution in [0.5, 0.6) is 5.75 Å². The number of carbonyl (C=O) groups excluding carboxylic acids is 2. The van der Waals surface area contributed by atoms with Crippen LogP contribution in [0.15, 0.2) is 12.3 Å². The van der Waals surface area contributed by atoms with Gasteiger partial charge in [0.05, 0.1) is 24.5 Å². The first-order valence-electron chi connectivity index (χ1n) is 13.5. The molecule has 0 aromatic carbocycles. The molecule has 8 heteroatoms. The maximum Gasteiger partial charge on any atom is 0.255 e. The minimum Gasteiger partial charge on any atom is -0.491 e. The molecule has 4 atom stereocenters. The lowest BCUT2D eigenvalue weighted by Gasteiger charge is -2.41. The van der Waals surface area contributed by atoms with Crippen LogP contribution >= 0.6 is 0 Å². The highest BCUT2D eigenvalue weighted by Crippen LogP contribution is 2.36. The second-order valence-corrected chi connectivity index (χ2v) is 10.6.